The minimum atomic E-state index is -0.204. The average Bonchev–Trinajstić information content (AvgIpc) is 2.69. The molecular formula is C16H23N3O2. The molecule has 5 heteroatoms. The van der Waals surface area contributed by atoms with Gasteiger partial charge < -0.3 is 20.1 Å². The standard InChI is InChI=1S/C16H23N3O2/c1-3-7-19-15(17)18-11-16(19,2)12-5-6-13-14(10-12)21-9-4-8-20-13/h5-6,10H,3-4,7-9,11H2,1-2H3,(H2,17,18). The van der Waals surface area contributed by atoms with E-state index in [4.69, 9.17) is 15.2 Å². The maximum atomic E-state index is 6.06. The average molecular weight is 289 g/mol. The predicted octanol–water partition coefficient (Wildman–Crippen LogP) is 2.10. The molecule has 1 atom stereocenters. The van der Waals surface area contributed by atoms with Gasteiger partial charge in [0.2, 0.25) is 0 Å². The number of benzene rings is 1. The van der Waals surface area contributed by atoms with Gasteiger partial charge in [0.15, 0.2) is 17.5 Å². The fraction of sp³-hybridized carbons (Fsp3) is 0.562. The summed E-state index contributed by atoms with van der Waals surface area (Å²) in [5.41, 5.74) is 7.03. The van der Waals surface area contributed by atoms with Crippen molar-refractivity contribution in [2.24, 2.45) is 10.7 Å². The molecule has 2 N–H and O–H groups in total. The molecule has 5 nitrogen and oxygen atoms in total. The monoisotopic (exact) mass is 289 g/mol. The number of aliphatic imine (C=N–C) groups is 1. The van der Waals surface area contributed by atoms with Crippen molar-refractivity contribution >= 4 is 5.96 Å². The highest BCUT2D eigenvalue weighted by atomic mass is 16.5. The van der Waals surface area contributed by atoms with Crippen molar-refractivity contribution in [1.82, 2.24) is 4.90 Å². The first-order valence-corrected chi connectivity index (χ1v) is 7.63. The number of ether oxygens (including phenoxy) is 2. The maximum Gasteiger partial charge on any atom is 0.192 e. The number of rotatable bonds is 3. The van der Waals surface area contributed by atoms with Crippen LogP contribution in [0.3, 0.4) is 0 Å². The van der Waals surface area contributed by atoms with Crippen LogP contribution in [0.15, 0.2) is 23.2 Å². The van der Waals surface area contributed by atoms with Gasteiger partial charge in [-0.25, -0.2) is 0 Å². The Morgan fingerprint density at radius 2 is 2.05 bits per heavy atom. The molecule has 0 radical (unpaired) electrons. The highest BCUT2D eigenvalue weighted by Gasteiger charge is 2.39. The lowest BCUT2D eigenvalue weighted by Crippen LogP contribution is -2.47. The molecule has 1 unspecified atom stereocenters. The van der Waals surface area contributed by atoms with Gasteiger partial charge in [-0.15, -0.1) is 0 Å². The second-order valence-corrected chi connectivity index (χ2v) is 5.81. The fourth-order valence-corrected chi connectivity index (χ4v) is 2.99. The van der Waals surface area contributed by atoms with Crippen LogP contribution in [0.2, 0.25) is 0 Å². The van der Waals surface area contributed by atoms with Crippen LogP contribution in [0, 0.1) is 0 Å². The van der Waals surface area contributed by atoms with Crippen LogP contribution in [0.4, 0.5) is 0 Å². The molecule has 0 fully saturated rings. The molecular weight excluding hydrogens is 266 g/mol. The van der Waals surface area contributed by atoms with Crippen LogP contribution >= 0.6 is 0 Å². The molecule has 21 heavy (non-hydrogen) atoms. The zero-order valence-corrected chi connectivity index (χ0v) is 12.8. The molecule has 3 rings (SSSR count). The van der Waals surface area contributed by atoms with E-state index in [2.05, 4.69) is 35.9 Å². The van der Waals surface area contributed by atoms with E-state index in [-0.39, 0.29) is 5.54 Å². The highest BCUT2D eigenvalue weighted by molar-refractivity contribution is 5.81. The maximum absolute atomic E-state index is 6.06. The van der Waals surface area contributed by atoms with Crippen LogP contribution in [-0.4, -0.2) is 37.2 Å². The van der Waals surface area contributed by atoms with E-state index in [0.717, 1.165) is 30.9 Å². The second-order valence-electron chi connectivity index (χ2n) is 5.81. The van der Waals surface area contributed by atoms with Gasteiger partial charge in [-0.1, -0.05) is 13.0 Å². The number of nitrogens with two attached hydrogens (primary N) is 1. The lowest BCUT2D eigenvalue weighted by atomic mass is 9.90. The molecule has 0 aromatic heterocycles. The summed E-state index contributed by atoms with van der Waals surface area (Å²) < 4.78 is 11.5. The lowest BCUT2D eigenvalue weighted by Gasteiger charge is -2.36. The largest absolute Gasteiger partial charge is 0.490 e. The number of fused-ring (bicyclic) bond motifs is 1. The van der Waals surface area contributed by atoms with Gasteiger partial charge in [-0.05, 0) is 31.0 Å². The molecule has 1 aromatic rings. The molecule has 2 aliphatic heterocycles. The quantitative estimate of drug-likeness (QED) is 0.925. The van der Waals surface area contributed by atoms with Crippen LogP contribution in [0.1, 0.15) is 32.3 Å². The van der Waals surface area contributed by atoms with Crippen LogP contribution in [0.25, 0.3) is 0 Å². The van der Waals surface area contributed by atoms with E-state index in [1.54, 1.807) is 0 Å². The van der Waals surface area contributed by atoms with Crippen LogP contribution < -0.4 is 15.2 Å². The van der Waals surface area contributed by atoms with Crippen molar-refractivity contribution in [2.45, 2.75) is 32.2 Å². The van der Waals surface area contributed by atoms with Crippen LogP contribution in [-0.2, 0) is 5.54 Å². The Labute approximate surface area is 125 Å². The van der Waals surface area contributed by atoms with Gasteiger partial charge >= 0.3 is 0 Å². The molecule has 0 amide bonds. The number of nitrogens with zero attached hydrogens (tertiary/aromatic N) is 2. The van der Waals surface area contributed by atoms with E-state index in [9.17, 15) is 0 Å². The normalized spacial score (nSPS) is 24.7. The van der Waals surface area contributed by atoms with E-state index >= 15 is 0 Å². The van der Waals surface area contributed by atoms with Crippen molar-refractivity contribution in [1.29, 1.82) is 0 Å². The Bertz CT molecular complexity index is 558. The first kappa shape index (κ1) is 14.0. The van der Waals surface area contributed by atoms with Crippen molar-refractivity contribution in [2.75, 3.05) is 26.3 Å². The Morgan fingerprint density at radius 1 is 1.29 bits per heavy atom. The summed E-state index contributed by atoms with van der Waals surface area (Å²) in [4.78, 5) is 6.63. The molecule has 0 saturated carbocycles. The molecule has 2 heterocycles. The summed E-state index contributed by atoms with van der Waals surface area (Å²) in [6, 6.07) is 6.18. The molecule has 0 aliphatic carbocycles. The van der Waals surface area contributed by atoms with Gasteiger partial charge in [-0.2, -0.15) is 0 Å². The zero-order chi connectivity index (χ0) is 14.9. The summed E-state index contributed by atoms with van der Waals surface area (Å²) in [7, 11) is 0. The number of hydrogen-bond acceptors (Lipinski definition) is 5. The van der Waals surface area contributed by atoms with Gasteiger partial charge in [0.1, 0.15) is 0 Å². The molecule has 0 saturated heterocycles. The Morgan fingerprint density at radius 3 is 2.81 bits per heavy atom. The smallest absolute Gasteiger partial charge is 0.192 e. The van der Waals surface area contributed by atoms with E-state index in [0.29, 0.717) is 25.7 Å². The highest BCUT2D eigenvalue weighted by Crippen LogP contribution is 2.38. The minimum absolute atomic E-state index is 0.204. The van der Waals surface area contributed by atoms with E-state index in [1.165, 1.54) is 5.56 Å². The molecule has 1 aromatic carbocycles. The van der Waals surface area contributed by atoms with Crippen molar-refractivity contribution in [3.05, 3.63) is 23.8 Å². The summed E-state index contributed by atoms with van der Waals surface area (Å²) >= 11 is 0. The first-order valence-electron chi connectivity index (χ1n) is 7.63. The fourth-order valence-electron chi connectivity index (χ4n) is 2.99. The Hall–Kier alpha value is -1.91. The third-order valence-corrected chi connectivity index (χ3v) is 4.24. The Balaban J connectivity index is 1.94. The minimum Gasteiger partial charge on any atom is -0.490 e. The van der Waals surface area contributed by atoms with Gasteiger partial charge in [-0.3, -0.25) is 4.99 Å². The predicted molar refractivity (Wildman–Crippen MR) is 82.9 cm³/mol. The lowest BCUT2D eigenvalue weighted by molar-refractivity contribution is 0.224. The molecule has 0 spiro atoms. The topological polar surface area (TPSA) is 60.1 Å². The van der Waals surface area contributed by atoms with Crippen molar-refractivity contribution in [3.63, 3.8) is 0 Å². The van der Waals surface area contributed by atoms with E-state index in [1.807, 2.05) is 6.07 Å². The third kappa shape index (κ3) is 2.41. The van der Waals surface area contributed by atoms with E-state index < -0.39 is 0 Å². The summed E-state index contributed by atoms with van der Waals surface area (Å²) in [6.07, 6.45) is 1.95. The number of hydrogen-bond donors (Lipinski definition) is 1. The van der Waals surface area contributed by atoms with Crippen molar-refractivity contribution < 1.29 is 9.47 Å². The number of guanidine groups is 1. The van der Waals surface area contributed by atoms with Crippen LogP contribution in [0.5, 0.6) is 11.5 Å². The molecule has 2 aliphatic rings. The second kappa shape index (κ2) is 5.47. The van der Waals surface area contributed by atoms with Gasteiger partial charge in [0.05, 0.1) is 25.3 Å². The summed E-state index contributed by atoms with van der Waals surface area (Å²) in [6.45, 7) is 7.33. The zero-order valence-electron chi connectivity index (χ0n) is 12.8. The third-order valence-electron chi connectivity index (χ3n) is 4.24. The molecule has 0 bridgehead atoms. The summed E-state index contributed by atoms with van der Waals surface area (Å²) in [5, 5.41) is 0. The summed E-state index contributed by atoms with van der Waals surface area (Å²) in [5.74, 6) is 2.29. The van der Waals surface area contributed by atoms with Gasteiger partial charge in [0.25, 0.3) is 0 Å². The van der Waals surface area contributed by atoms with Gasteiger partial charge in [0, 0.05) is 13.0 Å². The first-order chi connectivity index (χ1) is 10.1. The SMILES string of the molecule is CCCN1C(N)=NCC1(C)c1ccc2c(c1)OCCCO2. The van der Waals surface area contributed by atoms with Crippen molar-refractivity contribution in [3.8, 4) is 11.5 Å². The molecule has 114 valence electrons. The Kier molecular flexibility index (Phi) is 3.66.